The van der Waals surface area contributed by atoms with Crippen molar-refractivity contribution in [3.05, 3.63) is 0 Å². The summed E-state index contributed by atoms with van der Waals surface area (Å²) in [6.45, 7) is 4.04. The number of rotatable bonds is 4. The second-order valence-corrected chi connectivity index (χ2v) is 3.18. The van der Waals surface area contributed by atoms with Gasteiger partial charge in [-0.3, -0.25) is 0 Å². The van der Waals surface area contributed by atoms with Crippen LogP contribution in [0.3, 0.4) is 0 Å². The highest BCUT2D eigenvalue weighted by molar-refractivity contribution is 5.00. The zero-order chi connectivity index (χ0) is 8.91. The summed E-state index contributed by atoms with van der Waals surface area (Å²) in [7, 11) is 3.56. The summed E-state index contributed by atoms with van der Waals surface area (Å²) in [5.74, 6) is 2.65. The van der Waals surface area contributed by atoms with Crippen LogP contribution in [0.1, 0.15) is 20.3 Å². The minimum absolute atomic E-state index is 0.102. The van der Waals surface area contributed by atoms with Crippen molar-refractivity contribution in [1.82, 2.24) is 5.32 Å². The molecule has 0 aromatic rings. The fraction of sp³-hybridized carbons (Fsp3) is 0.778. The monoisotopic (exact) mass is 155 g/mol. The third-order valence-electron chi connectivity index (χ3n) is 1.80. The quantitative estimate of drug-likeness (QED) is 0.612. The average Bonchev–Trinajstić information content (AvgIpc) is 2.00. The maximum absolute atomic E-state index is 5.28. The molecule has 0 heterocycles. The van der Waals surface area contributed by atoms with Gasteiger partial charge in [-0.15, -0.1) is 6.42 Å². The van der Waals surface area contributed by atoms with E-state index in [1.165, 1.54) is 0 Å². The molecular formula is C9H17NO. The van der Waals surface area contributed by atoms with Crippen LogP contribution in [0.2, 0.25) is 0 Å². The number of methoxy groups -OCH3 is 1. The Morgan fingerprint density at radius 3 is 2.45 bits per heavy atom. The number of hydrogen-bond acceptors (Lipinski definition) is 2. The molecule has 0 saturated carbocycles. The Morgan fingerprint density at radius 1 is 1.64 bits per heavy atom. The Labute approximate surface area is 69.3 Å². The van der Waals surface area contributed by atoms with E-state index in [1.54, 1.807) is 7.11 Å². The van der Waals surface area contributed by atoms with Gasteiger partial charge in [0.15, 0.2) is 0 Å². The third kappa shape index (κ3) is 4.02. The lowest BCUT2D eigenvalue weighted by molar-refractivity contribution is 0.0119. The molecule has 0 bridgehead atoms. The largest absolute Gasteiger partial charge is 0.379 e. The highest BCUT2D eigenvalue weighted by Crippen LogP contribution is 2.14. The van der Waals surface area contributed by atoms with Gasteiger partial charge in [0.25, 0.3) is 0 Å². The first-order valence-corrected chi connectivity index (χ1v) is 3.74. The van der Waals surface area contributed by atoms with Gasteiger partial charge in [0, 0.05) is 13.5 Å². The van der Waals surface area contributed by atoms with Gasteiger partial charge in [0.05, 0.1) is 11.6 Å². The molecule has 0 radical (unpaired) electrons. The van der Waals surface area contributed by atoms with Gasteiger partial charge in [0.2, 0.25) is 0 Å². The molecule has 0 spiro atoms. The van der Waals surface area contributed by atoms with Crippen LogP contribution in [-0.4, -0.2) is 25.8 Å². The van der Waals surface area contributed by atoms with Crippen LogP contribution in [0.5, 0.6) is 0 Å². The second kappa shape index (κ2) is 4.38. The third-order valence-corrected chi connectivity index (χ3v) is 1.80. The van der Waals surface area contributed by atoms with Crippen molar-refractivity contribution in [2.75, 3.05) is 14.2 Å². The van der Waals surface area contributed by atoms with Gasteiger partial charge in [-0.05, 0) is 20.9 Å². The Kier molecular flexibility index (Phi) is 4.17. The van der Waals surface area contributed by atoms with Crippen LogP contribution in [0.15, 0.2) is 0 Å². The highest BCUT2D eigenvalue weighted by Gasteiger charge is 2.20. The molecule has 0 amide bonds. The van der Waals surface area contributed by atoms with Gasteiger partial charge in [-0.25, -0.2) is 0 Å². The molecule has 0 aromatic heterocycles. The molecule has 0 aliphatic rings. The molecule has 64 valence electrons. The zero-order valence-corrected chi connectivity index (χ0v) is 7.77. The molecule has 0 saturated heterocycles. The first-order valence-electron chi connectivity index (χ1n) is 3.74. The van der Waals surface area contributed by atoms with Gasteiger partial charge in [-0.2, -0.15) is 0 Å². The summed E-state index contributed by atoms with van der Waals surface area (Å²) in [5, 5.41) is 3.03. The van der Waals surface area contributed by atoms with E-state index >= 15 is 0 Å². The van der Waals surface area contributed by atoms with Crippen LogP contribution < -0.4 is 5.32 Å². The van der Waals surface area contributed by atoms with Gasteiger partial charge < -0.3 is 10.1 Å². The predicted octanol–water partition coefficient (Wildman–Crippen LogP) is 1.02. The van der Waals surface area contributed by atoms with Crippen LogP contribution >= 0.6 is 0 Å². The molecule has 0 aromatic carbocycles. The fourth-order valence-corrected chi connectivity index (χ4v) is 0.819. The predicted molar refractivity (Wildman–Crippen MR) is 47.4 cm³/mol. The number of nitrogens with one attached hydrogen (secondary N) is 1. The Morgan fingerprint density at radius 2 is 2.18 bits per heavy atom. The van der Waals surface area contributed by atoms with Crippen molar-refractivity contribution in [3.8, 4) is 12.3 Å². The van der Waals surface area contributed by atoms with Gasteiger partial charge >= 0.3 is 0 Å². The fourth-order valence-electron chi connectivity index (χ4n) is 0.819. The first kappa shape index (κ1) is 10.5. The standard InChI is InChI=1S/C9H17NO/c1-6-8(10-4)7-9(2,3)11-5/h1,8,10H,7H2,2-5H3. The Bertz CT molecular complexity index is 146. The molecule has 2 nitrogen and oxygen atoms in total. The van der Waals surface area contributed by atoms with Crippen molar-refractivity contribution in [2.45, 2.75) is 31.9 Å². The smallest absolute Gasteiger partial charge is 0.0711 e. The zero-order valence-electron chi connectivity index (χ0n) is 7.77. The molecular weight excluding hydrogens is 138 g/mol. The SMILES string of the molecule is C#CC(CC(C)(C)OC)NC. The maximum Gasteiger partial charge on any atom is 0.0711 e. The van der Waals surface area contributed by atoms with E-state index in [9.17, 15) is 0 Å². The van der Waals surface area contributed by atoms with Crippen molar-refractivity contribution in [3.63, 3.8) is 0 Å². The van der Waals surface area contributed by atoms with E-state index in [-0.39, 0.29) is 11.6 Å². The molecule has 2 heteroatoms. The number of terminal acetylenes is 1. The lowest BCUT2D eigenvalue weighted by atomic mass is 9.99. The topological polar surface area (TPSA) is 21.3 Å². The summed E-state index contributed by atoms with van der Waals surface area (Å²) in [5.41, 5.74) is -0.139. The van der Waals surface area contributed by atoms with Crippen LogP contribution in [-0.2, 0) is 4.74 Å². The minimum atomic E-state index is -0.139. The van der Waals surface area contributed by atoms with E-state index in [2.05, 4.69) is 11.2 Å². The summed E-state index contributed by atoms with van der Waals surface area (Å²) < 4.78 is 5.24. The molecule has 1 atom stereocenters. The Hall–Kier alpha value is -0.520. The Balaban J connectivity index is 3.92. The average molecular weight is 155 g/mol. The highest BCUT2D eigenvalue weighted by atomic mass is 16.5. The van der Waals surface area contributed by atoms with Crippen LogP contribution in [0, 0.1) is 12.3 Å². The second-order valence-electron chi connectivity index (χ2n) is 3.18. The number of ether oxygens (including phenoxy) is 1. The van der Waals surface area contributed by atoms with Crippen LogP contribution in [0.4, 0.5) is 0 Å². The van der Waals surface area contributed by atoms with Gasteiger partial charge in [0.1, 0.15) is 0 Å². The van der Waals surface area contributed by atoms with E-state index < -0.39 is 0 Å². The van der Waals surface area contributed by atoms with E-state index in [1.807, 2.05) is 20.9 Å². The lowest BCUT2D eigenvalue weighted by Crippen LogP contribution is -2.34. The van der Waals surface area contributed by atoms with Gasteiger partial charge in [-0.1, -0.05) is 5.92 Å². The van der Waals surface area contributed by atoms with E-state index in [0.29, 0.717) is 0 Å². The minimum Gasteiger partial charge on any atom is -0.379 e. The molecule has 0 fully saturated rings. The summed E-state index contributed by atoms with van der Waals surface area (Å²) in [6, 6.07) is 0.102. The summed E-state index contributed by atoms with van der Waals surface area (Å²) in [4.78, 5) is 0. The van der Waals surface area contributed by atoms with E-state index in [0.717, 1.165) is 6.42 Å². The van der Waals surface area contributed by atoms with Crippen molar-refractivity contribution >= 4 is 0 Å². The van der Waals surface area contributed by atoms with E-state index in [4.69, 9.17) is 11.2 Å². The summed E-state index contributed by atoms with van der Waals surface area (Å²) in [6.07, 6.45) is 6.11. The molecule has 0 aliphatic carbocycles. The molecule has 0 aliphatic heterocycles. The maximum atomic E-state index is 5.28. The lowest BCUT2D eigenvalue weighted by Gasteiger charge is -2.25. The van der Waals surface area contributed by atoms with Crippen molar-refractivity contribution in [2.24, 2.45) is 0 Å². The van der Waals surface area contributed by atoms with Crippen molar-refractivity contribution < 1.29 is 4.74 Å². The first-order chi connectivity index (χ1) is 5.05. The molecule has 11 heavy (non-hydrogen) atoms. The normalized spacial score (nSPS) is 14.1. The molecule has 1 N–H and O–H groups in total. The van der Waals surface area contributed by atoms with Crippen LogP contribution in [0.25, 0.3) is 0 Å². The van der Waals surface area contributed by atoms with Crippen molar-refractivity contribution in [1.29, 1.82) is 0 Å². The molecule has 0 rings (SSSR count). The number of hydrogen-bond donors (Lipinski definition) is 1. The summed E-state index contributed by atoms with van der Waals surface area (Å²) >= 11 is 0. The molecule has 1 unspecified atom stereocenters.